The zero-order valence-electron chi connectivity index (χ0n) is 98.3. The number of aromatic nitrogens is 17. The molecule has 36 nitrogen and oxygen atoms in total. The van der Waals surface area contributed by atoms with Gasteiger partial charge in [-0.05, 0) is 132 Å². The highest BCUT2D eigenvalue weighted by Gasteiger charge is 2.13. The Balaban J connectivity index is -0.000000163. The van der Waals surface area contributed by atoms with E-state index in [4.69, 9.17) is 33.1 Å². The molecule has 0 radical (unpaired) electrons. The van der Waals surface area contributed by atoms with E-state index >= 15 is 0 Å². The average molecular weight is 2000 g/mol. The lowest BCUT2D eigenvalue weighted by Gasteiger charge is -2.09. The van der Waals surface area contributed by atoms with Crippen LogP contribution >= 0.6 is 0 Å². The number of primary amides is 1. The zero-order chi connectivity index (χ0) is 113. The number of hydrogen-bond acceptors (Lipinski definition) is 25. The number of carbonyl (C=O) groups excluding carboxylic acids is 4. The van der Waals surface area contributed by atoms with Crippen LogP contribution in [-0.2, 0) is 19.2 Å². The molecular weight excluding hydrogens is 1790 g/mol. The monoisotopic (exact) mass is 2000 g/mol. The summed E-state index contributed by atoms with van der Waals surface area (Å²) in [6, 6.07) is 6.11. The summed E-state index contributed by atoms with van der Waals surface area (Å²) in [4.78, 5) is 78.8. The van der Waals surface area contributed by atoms with Gasteiger partial charge in [-0.2, -0.15) is 20.8 Å². The molecule has 142 heavy (non-hydrogen) atoms. The first kappa shape index (κ1) is 152. The Morgan fingerprint density at radius 1 is 0.472 bits per heavy atom. The van der Waals surface area contributed by atoms with Crippen molar-refractivity contribution < 1.29 is 29.4 Å². The molecule has 0 aliphatic carbocycles. The minimum absolute atomic E-state index is 0.00926. The standard InChI is InChI=1S/2C9H16N2.2C8H16O.2C7H16N2.2C7H15NO.C6H7N.C5H9N3.C5H5NO.3C4H8N4.C4H11NO.C4H9NO.2C4H10/c2*1-6(2)8-5-10-9(11-8)7(3)4;2*1-6(2)5-8(9)7(3)4;2*1-5(2)7(8)9-6(3)4;2*1-5(2)7(9)8-6(3)4;1-6-4-2-3-5-7-6;1-4(2)5-3-6-8-7-5;7-5-3-1-2-4-6-5;3*1-3(2)4-5-7-8-6-4;2*1-3(2)4(5)6;2*1-4(2)3/h2*5-7H,1-4H3,(H,10,11);6-7H,5H2,1-4H3;5-7,9H,1-4H3;2*5-6H,1-4H3,(H2,8,9);2*5-6H,1-4H3,(H,8,9);2-5,7H,1H2;4H,3H2,1-2H3;1-4H,(H,6,7);3*3H,1-2H3,(H,5,6,7,8);3-4,6H,5H2,1-2H3;3H,1-2H3,(H2,5,6);2*4H,1-3H3/b;;;8-5-;;;;;;;;;;;;;;. The normalized spacial score (nSPS) is 11.9. The number of hydrogen-bond donors (Lipinski definition) is 15. The third-order valence-electron chi connectivity index (χ3n) is 16.3. The minimum Gasteiger partial charge on any atom is -0.512 e. The Morgan fingerprint density at radius 2 is 0.817 bits per heavy atom. The van der Waals surface area contributed by atoms with E-state index in [-0.39, 0.29) is 70.9 Å². The first-order chi connectivity index (χ1) is 65.2. The summed E-state index contributed by atoms with van der Waals surface area (Å²) in [7, 11) is 0. The van der Waals surface area contributed by atoms with Crippen molar-refractivity contribution in [1.29, 1.82) is 0 Å². The van der Waals surface area contributed by atoms with Crippen LogP contribution in [0.15, 0.2) is 116 Å². The molecule has 6 aromatic heterocycles. The lowest BCUT2D eigenvalue weighted by molar-refractivity contribution is -0.125. The number of imidazole rings is 2. The van der Waals surface area contributed by atoms with Crippen LogP contribution in [0.1, 0.15) is 435 Å². The van der Waals surface area contributed by atoms with Gasteiger partial charge in [0, 0.05) is 150 Å². The summed E-state index contributed by atoms with van der Waals surface area (Å²) in [6.07, 6.45) is 15.1. The maximum absolute atomic E-state index is 11.0. The van der Waals surface area contributed by atoms with E-state index in [1.807, 2.05) is 237 Å². The Morgan fingerprint density at radius 3 is 0.923 bits per heavy atom. The first-order valence-electron chi connectivity index (χ1n) is 50.8. The van der Waals surface area contributed by atoms with Crippen molar-refractivity contribution in [3.8, 4) is 0 Å². The highest BCUT2D eigenvalue weighted by molar-refractivity contribution is 5.88. The molecule has 1 atom stereocenters. The number of rotatable bonds is 23. The number of aliphatic hydroxyl groups is 2. The van der Waals surface area contributed by atoms with Gasteiger partial charge in [-0.3, -0.25) is 34.0 Å². The van der Waals surface area contributed by atoms with Crippen molar-refractivity contribution in [2.75, 3.05) is 6.54 Å². The minimum atomic E-state index is -0.648. The molecule has 822 valence electrons. The van der Waals surface area contributed by atoms with Gasteiger partial charge in [0.2, 0.25) is 23.3 Å². The van der Waals surface area contributed by atoms with E-state index in [0.29, 0.717) is 101 Å². The van der Waals surface area contributed by atoms with Crippen molar-refractivity contribution >= 4 is 40.9 Å². The van der Waals surface area contributed by atoms with Gasteiger partial charge in [-0.15, -0.1) is 35.7 Å². The number of dihydropyridines is 1. The second kappa shape index (κ2) is 92.7. The molecule has 0 fully saturated rings. The van der Waals surface area contributed by atoms with Crippen molar-refractivity contribution in [2.24, 2.45) is 125 Å². The van der Waals surface area contributed by atoms with Crippen molar-refractivity contribution in [3.63, 3.8) is 0 Å². The summed E-state index contributed by atoms with van der Waals surface area (Å²) in [6.45, 7) is 106. The van der Waals surface area contributed by atoms with Gasteiger partial charge in [0.15, 0.2) is 17.5 Å². The molecule has 2 aliphatic rings. The molecule has 3 amide bonds. The van der Waals surface area contributed by atoms with Crippen LogP contribution in [0, 0.1) is 76.9 Å². The summed E-state index contributed by atoms with van der Waals surface area (Å²) in [5.41, 5.74) is 25.4. The summed E-state index contributed by atoms with van der Waals surface area (Å²) in [5.74, 6) is 14.9. The van der Waals surface area contributed by atoms with Crippen LogP contribution in [0.2, 0.25) is 0 Å². The summed E-state index contributed by atoms with van der Waals surface area (Å²) >= 11 is 0. The second-order valence-corrected chi connectivity index (χ2v) is 41.8. The zero-order valence-corrected chi connectivity index (χ0v) is 98.3. The van der Waals surface area contributed by atoms with Crippen LogP contribution < -0.4 is 44.4 Å². The van der Waals surface area contributed by atoms with E-state index in [1.165, 1.54) is 17.5 Å². The number of aliphatic hydroxyl groups excluding tert-OH is 2. The van der Waals surface area contributed by atoms with Gasteiger partial charge < -0.3 is 64.1 Å². The van der Waals surface area contributed by atoms with E-state index in [1.54, 1.807) is 32.2 Å². The average Bonchev–Trinajstić information content (AvgIpc) is 1.75. The van der Waals surface area contributed by atoms with E-state index < -0.39 is 6.23 Å². The van der Waals surface area contributed by atoms with Gasteiger partial charge in [0.1, 0.15) is 30.2 Å². The lowest BCUT2D eigenvalue weighted by atomic mass is 9.99. The molecule has 8 heterocycles. The van der Waals surface area contributed by atoms with Crippen LogP contribution in [-0.4, -0.2) is 175 Å². The Hall–Kier alpha value is -10.7. The summed E-state index contributed by atoms with van der Waals surface area (Å²) in [5, 5.41) is 77.1. The predicted molar refractivity (Wildman–Crippen MR) is 597 cm³/mol. The number of amidine groups is 2. The number of aromatic amines is 6. The number of ketones is 1. The van der Waals surface area contributed by atoms with Gasteiger partial charge in [0.05, 0.1) is 23.1 Å². The fourth-order valence-electron chi connectivity index (χ4n) is 7.42. The smallest absolute Gasteiger partial charge is 0.247 e. The highest BCUT2D eigenvalue weighted by atomic mass is 16.3. The molecule has 0 aromatic carbocycles. The van der Waals surface area contributed by atoms with Crippen LogP contribution in [0.4, 0.5) is 0 Å². The van der Waals surface area contributed by atoms with Crippen LogP contribution in [0.3, 0.4) is 0 Å². The maximum atomic E-state index is 11.0. The number of H-pyrrole nitrogens is 6. The third kappa shape index (κ3) is 110. The van der Waals surface area contributed by atoms with Crippen molar-refractivity contribution in [2.45, 2.75) is 424 Å². The van der Waals surface area contributed by atoms with E-state index in [0.717, 1.165) is 70.5 Å². The molecule has 0 saturated heterocycles. The number of Topliss-reactive ketones (excluding diaryl/α,β-unsaturated/α-hetero) is 1. The molecule has 8 rings (SSSR count). The molecule has 2 aliphatic heterocycles. The van der Waals surface area contributed by atoms with E-state index in [9.17, 15) is 24.0 Å². The number of aliphatic imine (C=N–C) groups is 2. The molecule has 0 spiro atoms. The number of nitrogens with one attached hydrogen (secondary N) is 9. The Labute approximate surface area is 861 Å². The SMILES string of the molecule is C=C1C=CC=CN1.CC(C)/C=C(\O)C(C)C.CC(C)C.CC(C)C.CC(C)C(N)=O.CC(C)C(N)O.CC(C)C1=NN=NC1.CC(C)CC(=O)C(C)C.CC(C)N=C(N)C(C)C.CC(C)N=C(N)C(C)C.CC(C)NC(=O)C(C)C.CC(C)NC(=O)C(C)C.CC(C)c1cnc(C(C)C)[nH]1.CC(C)c1cnc(C(C)C)[nH]1.CC(C)c1nn[nH]n1.CC(C)c1nn[nH]n1.CC(C)c1nn[nH]n1.O=c1cccc[nH]1. The lowest BCUT2D eigenvalue weighted by Crippen LogP contribution is -2.33. The number of carbonyl (C=O) groups is 4. The molecule has 0 bridgehead atoms. The van der Waals surface area contributed by atoms with E-state index in [2.05, 4.69) is 273 Å². The Bertz CT molecular complexity index is 3850. The van der Waals surface area contributed by atoms with Gasteiger partial charge >= 0.3 is 0 Å². The van der Waals surface area contributed by atoms with Gasteiger partial charge in [-0.25, -0.2) is 9.97 Å². The number of pyridine rings is 1. The number of nitrogens with two attached hydrogens (primary N) is 4. The largest absolute Gasteiger partial charge is 0.512 e. The molecule has 19 N–H and O–H groups in total. The molecule has 36 heteroatoms. The van der Waals surface area contributed by atoms with Crippen LogP contribution in [0.5, 0.6) is 0 Å². The third-order valence-corrected chi connectivity index (χ3v) is 16.3. The predicted octanol–water partition coefficient (Wildman–Crippen LogP) is 22.8. The number of tetrazole rings is 3. The number of amides is 3. The molecule has 6 aromatic rings. The fourth-order valence-corrected chi connectivity index (χ4v) is 7.42. The topological polar surface area (TPSA) is 564 Å². The van der Waals surface area contributed by atoms with Gasteiger partial charge in [-0.1, -0.05) is 325 Å². The molecule has 1 unspecified atom stereocenters. The Kier molecular flexibility index (Phi) is 99.0. The number of nitrogens with zero attached hydrogens (tertiary/aromatic N) is 16. The molecule has 0 saturated carbocycles. The van der Waals surface area contributed by atoms with Crippen molar-refractivity contribution in [3.05, 3.63) is 136 Å². The van der Waals surface area contributed by atoms with Crippen LogP contribution in [0.25, 0.3) is 0 Å². The quantitative estimate of drug-likeness (QED) is 0.0123. The number of allylic oxidation sites excluding steroid dienone is 5. The highest BCUT2D eigenvalue weighted by Crippen LogP contribution is 2.18. The van der Waals surface area contributed by atoms with Gasteiger partial charge in [0.25, 0.3) is 0 Å². The van der Waals surface area contributed by atoms with Crippen molar-refractivity contribution in [1.82, 2.24) is 103 Å². The first-order valence-corrected chi connectivity index (χ1v) is 50.8. The second-order valence-electron chi connectivity index (χ2n) is 41.8. The molecular formula is C106H211N29O7. The summed E-state index contributed by atoms with van der Waals surface area (Å²) < 4.78 is 0. The maximum Gasteiger partial charge on any atom is 0.247 e. The fraction of sp³-hybridized carbons (Fsp3) is 0.726.